The van der Waals surface area contributed by atoms with Crippen molar-refractivity contribution in [2.45, 2.75) is 58.0 Å². The highest BCUT2D eigenvalue weighted by atomic mass is 16.1. The molecule has 0 amide bonds. The fraction of sp³-hybridized carbons (Fsp3) is 0.556. The Kier molecular flexibility index (Phi) is 4.57. The minimum Gasteiger partial charge on any atom is -0.298 e. The molecule has 1 saturated carbocycles. The number of fused-ring (bicyclic) bond motifs is 1. The lowest BCUT2D eigenvalue weighted by atomic mass is 10.1. The smallest absolute Gasteiger partial charge is 0.258 e. The van der Waals surface area contributed by atoms with Crippen LogP contribution in [-0.4, -0.2) is 27.4 Å². The number of pyridine rings is 1. The average Bonchev–Trinajstić information content (AvgIpc) is 2.78. The summed E-state index contributed by atoms with van der Waals surface area (Å²) in [6.45, 7) is 2.76. The van der Waals surface area contributed by atoms with E-state index in [0.29, 0.717) is 6.04 Å². The van der Waals surface area contributed by atoms with Crippen molar-refractivity contribution in [1.29, 1.82) is 0 Å². The summed E-state index contributed by atoms with van der Waals surface area (Å²) in [6.07, 6.45) is 9.68. The third-order valence-corrected chi connectivity index (χ3v) is 4.80. The van der Waals surface area contributed by atoms with Crippen LogP contribution >= 0.6 is 0 Å². The van der Waals surface area contributed by atoms with Crippen molar-refractivity contribution in [3.05, 3.63) is 46.0 Å². The zero-order valence-corrected chi connectivity index (χ0v) is 13.6. The van der Waals surface area contributed by atoms with E-state index in [2.05, 4.69) is 11.9 Å². The molecule has 4 heteroatoms. The highest BCUT2D eigenvalue weighted by Gasteiger charge is 2.18. The molecule has 1 fully saturated rings. The lowest BCUT2D eigenvalue weighted by Gasteiger charge is -2.26. The van der Waals surface area contributed by atoms with Gasteiger partial charge >= 0.3 is 0 Å². The predicted octanol–water partition coefficient (Wildman–Crippen LogP) is 3.16. The molecule has 0 N–H and O–H groups in total. The molecule has 0 bridgehead atoms. The number of hydrogen-bond acceptors (Lipinski definition) is 3. The molecule has 2 aromatic heterocycles. The van der Waals surface area contributed by atoms with Crippen LogP contribution in [-0.2, 0) is 6.54 Å². The monoisotopic (exact) mass is 299 g/mol. The Labute approximate surface area is 131 Å². The van der Waals surface area contributed by atoms with E-state index >= 15 is 0 Å². The first-order valence-electron chi connectivity index (χ1n) is 8.33. The molecule has 0 atom stereocenters. The summed E-state index contributed by atoms with van der Waals surface area (Å²) >= 11 is 0. The fourth-order valence-electron chi connectivity index (χ4n) is 3.47. The molecule has 118 valence electrons. The molecule has 1 aliphatic carbocycles. The lowest BCUT2D eigenvalue weighted by Crippen LogP contribution is -2.31. The first-order chi connectivity index (χ1) is 10.6. The molecule has 0 aromatic carbocycles. The minimum absolute atomic E-state index is 0.0120. The van der Waals surface area contributed by atoms with Crippen molar-refractivity contribution < 1.29 is 0 Å². The van der Waals surface area contributed by atoms with Crippen LogP contribution in [0.3, 0.4) is 0 Å². The van der Waals surface area contributed by atoms with Crippen molar-refractivity contribution in [3.63, 3.8) is 0 Å². The highest BCUT2D eigenvalue weighted by molar-refractivity contribution is 5.46. The summed E-state index contributed by atoms with van der Waals surface area (Å²) in [6, 6.07) is 6.20. The van der Waals surface area contributed by atoms with Gasteiger partial charge in [0.2, 0.25) is 0 Å². The van der Waals surface area contributed by atoms with Crippen LogP contribution in [0.1, 0.15) is 49.8 Å². The molecule has 0 spiro atoms. The van der Waals surface area contributed by atoms with Crippen LogP contribution in [0.4, 0.5) is 0 Å². The number of nitrogens with zero attached hydrogens (tertiary/aromatic N) is 3. The molecule has 0 aliphatic heterocycles. The maximum atomic E-state index is 12.3. The maximum absolute atomic E-state index is 12.3. The quantitative estimate of drug-likeness (QED) is 0.817. The van der Waals surface area contributed by atoms with Crippen molar-refractivity contribution in [2.24, 2.45) is 0 Å². The van der Waals surface area contributed by atoms with E-state index < -0.39 is 0 Å². The van der Waals surface area contributed by atoms with Gasteiger partial charge < -0.3 is 0 Å². The van der Waals surface area contributed by atoms with Gasteiger partial charge in [-0.1, -0.05) is 31.7 Å². The summed E-state index contributed by atoms with van der Waals surface area (Å²) in [5.74, 6) is 0. The Bertz CT molecular complexity index is 699. The largest absolute Gasteiger partial charge is 0.298 e. The Balaban J connectivity index is 1.84. The second kappa shape index (κ2) is 6.61. The molecule has 3 rings (SSSR count). The van der Waals surface area contributed by atoms with Crippen LogP contribution in [0.15, 0.2) is 29.2 Å². The first kappa shape index (κ1) is 15.2. The van der Waals surface area contributed by atoms with Crippen LogP contribution < -0.4 is 5.56 Å². The molecular formula is C18H25N3O. The third kappa shape index (κ3) is 3.22. The number of rotatable bonds is 3. The maximum Gasteiger partial charge on any atom is 0.258 e. The van der Waals surface area contributed by atoms with Gasteiger partial charge in [0.15, 0.2) is 0 Å². The van der Waals surface area contributed by atoms with Crippen molar-refractivity contribution in [2.75, 3.05) is 7.05 Å². The summed E-state index contributed by atoms with van der Waals surface area (Å²) < 4.78 is 1.63. The summed E-state index contributed by atoms with van der Waals surface area (Å²) in [5.41, 5.74) is 2.71. The van der Waals surface area contributed by atoms with Gasteiger partial charge in [0.25, 0.3) is 5.56 Å². The molecule has 2 heterocycles. The van der Waals surface area contributed by atoms with Crippen LogP contribution in [0, 0.1) is 6.92 Å². The Morgan fingerprint density at radius 2 is 2.00 bits per heavy atom. The van der Waals surface area contributed by atoms with Crippen molar-refractivity contribution >= 4 is 5.65 Å². The zero-order chi connectivity index (χ0) is 15.5. The summed E-state index contributed by atoms with van der Waals surface area (Å²) in [7, 11) is 2.16. The van der Waals surface area contributed by atoms with Gasteiger partial charge in [-0.2, -0.15) is 0 Å². The Hall–Kier alpha value is -1.68. The number of aromatic nitrogens is 2. The Morgan fingerprint density at radius 3 is 2.73 bits per heavy atom. The van der Waals surface area contributed by atoms with E-state index in [9.17, 15) is 4.79 Å². The summed E-state index contributed by atoms with van der Waals surface area (Å²) in [5, 5.41) is 0. The van der Waals surface area contributed by atoms with Gasteiger partial charge in [0, 0.05) is 24.8 Å². The highest BCUT2D eigenvalue weighted by Crippen LogP contribution is 2.22. The molecular weight excluding hydrogens is 274 g/mol. The third-order valence-electron chi connectivity index (χ3n) is 4.80. The van der Waals surface area contributed by atoms with E-state index in [1.165, 1.54) is 38.5 Å². The van der Waals surface area contributed by atoms with Crippen LogP contribution in [0.25, 0.3) is 5.65 Å². The molecule has 1 aliphatic rings. The second-order valence-electron chi connectivity index (χ2n) is 6.53. The average molecular weight is 299 g/mol. The van der Waals surface area contributed by atoms with E-state index in [1.54, 1.807) is 16.7 Å². The fourth-order valence-corrected chi connectivity index (χ4v) is 3.47. The number of aryl methyl sites for hydroxylation is 1. The van der Waals surface area contributed by atoms with Gasteiger partial charge in [0.1, 0.15) is 5.65 Å². The Morgan fingerprint density at radius 1 is 1.27 bits per heavy atom. The van der Waals surface area contributed by atoms with Crippen LogP contribution in [0.5, 0.6) is 0 Å². The van der Waals surface area contributed by atoms with E-state index in [0.717, 1.165) is 23.4 Å². The zero-order valence-electron chi connectivity index (χ0n) is 13.6. The van der Waals surface area contributed by atoms with Gasteiger partial charge in [-0.25, -0.2) is 4.98 Å². The topological polar surface area (TPSA) is 37.6 Å². The lowest BCUT2D eigenvalue weighted by molar-refractivity contribution is 0.211. The van der Waals surface area contributed by atoms with Gasteiger partial charge in [-0.3, -0.25) is 14.1 Å². The summed E-state index contributed by atoms with van der Waals surface area (Å²) in [4.78, 5) is 19.4. The molecule has 2 aromatic rings. The molecule has 0 radical (unpaired) electrons. The van der Waals surface area contributed by atoms with Gasteiger partial charge in [-0.05, 0) is 38.4 Å². The molecule has 4 nitrogen and oxygen atoms in total. The van der Waals surface area contributed by atoms with E-state index in [4.69, 9.17) is 4.98 Å². The van der Waals surface area contributed by atoms with Gasteiger partial charge in [0.05, 0.1) is 5.69 Å². The second-order valence-corrected chi connectivity index (χ2v) is 6.53. The number of hydrogen-bond donors (Lipinski definition) is 0. The van der Waals surface area contributed by atoms with E-state index in [1.807, 2.05) is 19.1 Å². The normalized spacial score (nSPS) is 17.0. The minimum atomic E-state index is 0.0120. The van der Waals surface area contributed by atoms with Crippen molar-refractivity contribution in [1.82, 2.24) is 14.3 Å². The predicted molar refractivity (Wildman–Crippen MR) is 89.2 cm³/mol. The molecule has 0 saturated heterocycles. The molecule has 22 heavy (non-hydrogen) atoms. The molecule has 0 unspecified atom stereocenters. The SMILES string of the molecule is Cc1cccn2c(=O)cc(CN(C)C3CCCCCC3)nc12. The van der Waals surface area contributed by atoms with Crippen LogP contribution in [0.2, 0.25) is 0 Å². The van der Waals surface area contributed by atoms with E-state index in [-0.39, 0.29) is 5.56 Å². The standard InChI is InChI=1S/C18H25N3O/c1-14-8-7-11-21-17(22)12-15(19-18(14)21)13-20(2)16-9-5-3-4-6-10-16/h7-8,11-12,16H,3-6,9-10,13H2,1-2H3. The van der Waals surface area contributed by atoms with Gasteiger partial charge in [-0.15, -0.1) is 0 Å². The first-order valence-corrected chi connectivity index (χ1v) is 8.33. The van der Waals surface area contributed by atoms with Crippen molar-refractivity contribution in [3.8, 4) is 0 Å².